The number of carbonyl (C=O) groups is 2. The maximum atomic E-state index is 13.4. The van der Waals surface area contributed by atoms with E-state index in [9.17, 15) is 22.8 Å². The van der Waals surface area contributed by atoms with Crippen LogP contribution in [0.15, 0.2) is 89.0 Å². The van der Waals surface area contributed by atoms with Gasteiger partial charge in [0.05, 0.1) is 29.3 Å². The van der Waals surface area contributed by atoms with Crippen LogP contribution in [0, 0.1) is 0 Å². The summed E-state index contributed by atoms with van der Waals surface area (Å²) in [7, 11) is 1.42. The molecule has 3 aromatic rings. The van der Waals surface area contributed by atoms with Gasteiger partial charge in [0.1, 0.15) is 12.6 Å². The van der Waals surface area contributed by atoms with Crippen molar-refractivity contribution in [2.75, 3.05) is 23.9 Å². The monoisotopic (exact) mass is 507 g/mol. The average Bonchev–Trinajstić information content (AvgIpc) is 3.38. The van der Waals surface area contributed by atoms with E-state index in [2.05, 4.69) is 20.5 Å². The van der Waals surface area contributed by atoms with Gasteiger partial charge >= 0.3 is 6.18 Å². The minimum Gasteiger partial charge on any atom is -0.367 e. The van der Waals surface area contributed by atoms with Gasteiger partial charge in [-0.05, 0) is 23.3 Å². The Hall–Kier alpha value is -4.38. The topological polar surface area (TPSA) is 96.2 Å². The van der Waals surface area contributed by atoms with Crippen molar-refractivity contribution in [3.8, 4) is 11.1 Å². The number of ether oxygens (including phenoxy) is 1. The van der Waals surface area contributed by atoms with Gasteiger partial charge in [0, 0.05) is 24.4 Å². The molecule has 2 aliphatic rings. The van der Waals surface area contributed by atoms with Crippen LogP contribution in [0.4, 0.5) is 24.5 Å². The zero-order valence-corrected chi connectivity index (χ0v) is 19.4. The Morgan fingerprint density at radius 2 is 1.95 bits per heavy atom. The molecule has 188 valence electrons. The lowest BCUT2D eigenvalue weighted by molar-refractivity contribution is -0.130. The number of amides is 2. The summed E-state index contributed by atoms with van der Waals surface area (Å²) in [4.78, 5) is 30.7. The zero-order chi connectivity index (χ0) is 26.2. The molecule has 2 unspecified atom stereocenters. The Morgan fingerprint density at radius 1 is 1.16 bits per heavy atom. The zero-order valence-electron chi connectivity index (χ0n) is 19.4. The highest BCUT2D eigenvalue weighted by molar-refractivity contribution is 6.10. The molecule has 0 bridgehead atoms. The van der Waals surface area contributed by atoms with Crippen molar-refractivity contribution in [2.24, 2.45) is 10.2 Å². The summed E-state index contributed by atoms with van der Waals surface area (Å²) in [6.45, 7) is -1.46. The van der Waals surface area contributed by atoms with E-state index < -0.39 is 36.7 Å². The third-order valence-electron chi connectivity index (χ3n) is 6.08. The number of benzene rings is 2. The van der Waals surface area contributed by atoms with E-state index in [1.54, 1.807) is 42.5 Å². The number of carbonyl (C=O) groups excluding carboxylic acids is 2. The lowest BCUT2D eigenvalue weighted by Crippen LogP contribution is -2.43. The van der Waals surface area contributed by atoms with E-state index in [1.165, 1.54) is 31.8 Å². The van der Waals surface area contributed by atoms with E-state index >= 15 is 0 Å². The summed E-state index contributed by atoms with van der Waals surface area (Å²) < 4.78 is 45.6. The normalized spacial score (nSPS) is 17.2. The molecule has 0 saturated heterocycles. The second kappa shape index (κ2) is 9.58. The van der Waals surface area contributed by atoms with Crippen molar-refractivity contribution in [1.29, 1.82) is 0 Å². The molecule has 5 rings (SSSR count). The highest BCUT2D eigenvalue weighted by atomic mass is 19.4. The predicted octanol–water partition coefficient (Wildman–Crippen LogP) is 5.37. The molecular weight excluding hydrogens is 487 g/mol. The number of anilines is 2. The Kier molecular flexibility index (Phi) is 6.30. The van der Waals surface area contributed by atoms with Crippen molar-refractivity contribution in [3.05, 3.63) is 89.9 Å². The Balaban J connectivity index is 1.52. The third-order valence-corrected chi connectivity index (χ3v) is 6.08. The number of rotatable bonds is 6. The highest BCUT2D eigenvalue weighted by Crippen LogP contribution is 2.45. The molecule has 0 aliphatic carbocycles. The molecular formula is C26H20F3N5O3. The van der Waals surface area contributed by atoms with E-state index in [0.717, 1.165) is 0 Å². The van der Waals surface area contributed by atoms with Crippen LogP contribution >= 0.6 is 0 Å². The fourth-order valence-corrected chi connectivity index (χ4v) is 4.44. The van der Waals surface area contributed by atoms with Gasteiger partial charge in [0.25, 0.3) is 11.8 Å². The number of hydrogen-bond donors (Lipinski definition) is 1. The minimum atomic E-state index is -4.62. The quantitative estimate of drug-likeness (QED) is 0.485. The van der Waals surface area contributed by atoms with Crippen molar-refractivity contribution < 1.29 is 27.5 Å². The number of nitrogens with one attached hydrogen (secondary N) is 1. The maximum absolute atomic E-state index is 13.4. The van der Waals surface area contributed by atoms with Crippen molar-refractivity contribution >= 4 is 23.2 Å². The lowest BCUT2D eigenvalue weighted by Gasteiger charge is -2.33. The molecule has 0 fully saturated rings. The number of halogens is 3. The van der Waals surface area contributed by atoms with E-state index in [1.807, 2.05) is 6.07 Å². The largest absolute Gasteiger partial charge is 0.406 e. The van der Waals surface area contributed by atoms with Crippen LogP contribution < -0.4 is 10.2 Å². The van der Waals surface area contributed by atoms with Crippen molar-refractivity contribution in [2.45, 2.75) is 18.3 Å². The summed E-state index contributed by atoms with van der Waals surface area (Å²) >= 11 is 0. The highest BCUT2D eigenvalue weighted by Gasteiger charge is 2.43. The lowest BCUT2D eigenvalue weighted by atomic mass is 9.90. The summed E-state index contributed by atoms with van der Waals surface area (Å²) in [6, 6.07) is 14.6. The summed E-state index contributed by atoms with van der Waals surface area (Å²) in [5, 5.41) is 10.6. The van der Waals surface area contributed by atoms with Gasteiger partial charge in [0.2, 0.25) is 0 Å². The van der Waals surface area contributed by atoms with Gasteiger partial charge in [0.15, 0.2) is 6.10 Å². The number of fused-ring (bicyclic) bond motifs is 3. The van der Waals surface area contributed by atoms with Crippen LogP contribution in [0.1, 0.15) is 23.3 Å². The molecule has 2 amide bonds. The van der Waals surface area contributed by atoms with Gasteiger partial charge in [-0.2, -0.15) is 23.4 Å². The summed E-state index contributed by atoms with van der Waals surface area (Å²) in [6.07, 6.45) is -1.38. The maximum Gasteiger partial charge on any atom is 0.406 e. The molecule has 0 spiro atoms. The molecule has 3 heterocycles. The second-order valence-corrected chi connectivity index (χ2v) is 8.43. The summed E-state index contributed by atoms with van der Waals surface area (Å²) in [5.74, 6) is -1.25. The molecule has 1 N–H and O–H groups in total. The van der Waals surface area contributed by atoms with Crippen LogP contribution in [-0.2, 0) is 14.3 Å². The van der Waals surface area contributed by atoms with Gasteiger partial charge < -0.3 is 10.1 Å². The van der Waals surface area contributed by atoms with Gasteiger partial charge in [-0.3, -0.25) is 19.5 Å². The second-order valence-electron chi connectivity index (χ2n) is 8.43. The first-order chi connectivity index (χ1) is 17.8. The Morgan fingerprint density at radius 3 is 2.68 bits per heavy atom. The predicted molar refractivity (Wildman–Crippen MR) is 129 cm³/mol. The smallest absolute Gasteiger partial charge is 0.367 e. The average molecular weight is 507 g/mol. The molecule has 2 atom stereocenters. The number of pyridine rings is 1. The van der Waals surface area contributed by atoms with E-state index in [0.29, 0.717) is 32.8 Å². The molecule has 37 heavy (non-hydrogen) atoms. The molecule has 2 aromatic carbocycles. The first kappa shape index (κ1) is 24.3. The number of alkyl halides is 3. The van der Waals surface area contributed by atoms with Crippen LogP contribution in [0.3, 0.4) is 0 Å². The van der Waals surface area contributed by atoms with Gasteiger partial charge in [-0.1, -0.05) is 42.5 Å². The molecule has 0 radical (unpaired) electrons. The number of methoxy groups -OCH3 is 1. The van der Waals surface area contributed by atoms with E-state index in [-0.39, 0.29) is 11.3 Å². The van der Waals surface area contributed by atoms with Gasteiger partial charge in [-0.15, -0.1) is 0 Å². The standard InChI is InChI=1S/C26H20F3N5O3/c1-37-23(15-5-3-2-4-6-15)24(35)32-20-13-30-10-9-17(20)16-7-8-18-21(11-16)34(14-26(27,28)29)25(36)19-12-31-33-22(18)19/h2-13,22-23H,14H2,1H3,(H,32,35). The number of aromatic nitrogens is 1. The molecule has 0 saturated carbocycles. The van der Waals surface area contributed by atoms with Crippen LogP contribution in [0.25, 0.3) is 11.1 Å². The fraction of sp³-hybridized carbons (Fsp3) is 0.192. The van der Waals surface area contributed by atoms with E-state index in [4.69, 9.17) is 4.74 Å². The number of nitrogens with zero attached hydrogens (tertiary/aromatic N) is 4. The number of hydrogen-bond acceptors (Lipinski definition) is 6. The van der Waals surface area contributed by atoms with Crippen LogP contribution in [0.2, 0.25) is 0 Å². The fourth-order valence-electron chi connectivity index (χ4n) is 4.44. The third kappa shape index (κ3) is 4.73. The van der Waals surface area contributed by atoms with Gasteiger partial charge in [-0.25, -0.2) is 0 Å². The molecule has 11 heteroatoms. The number of azo groups is 1. The Bertz CT molecular complexity index is 1420. The first-order valence-electron chi connectivity index (χ1n) is 11.2. The molecule has 2 aliphatic heterocycles. The van der Waals surface area contributed by atoms with Crippen molar-refractivity contribution in [3.63, 3.8) is 0 Å². The van der Waals surface area contributed by atoms with Crippen LogP contribution in [-0.4, -0.2) is 36.6 Å². The first-order valence-corrected chi connectivity index (χ1v) is 11.2. The molecule has 8 nitrogen and oxygen atoms in total. The summed E-state index contributed by atoms with van der Waals surface area (Å²) in [5.41, 5.74) is 2.57. The minimum absolute atomic E-state index is 0.0796. The van der Waals surface area contributed by atoms with Crippen LogP contribution in [0.5, 0.6) is 0 Å². The molecule has 1 aromatic heterocycles. The SMILES string of the molecule is COC(C(=O)Nc1cnccc1-c1ccc2c(c1)N(CC(F)(F)F)C(=O)C1=CN=NC12)c1ccccc1. The van der Waals surface area contributed by atoms with Crippen molar-refractivity contribution in [1.82, 2.24) is 4.98 Å². The Labute approximate surface area is 209 Å².